The molecule has 0 saturated carbocycles. The molecule has 1 aliphatic rings. The molecule has 36 heavy (non-hydrogen) atoms. The number of fused-ring (bicyclic) bond motifs is 1. The third-order valence-electron chi connectivity index (χ3n) is 6.12. The Labute approximate surface area is 205 Å². The van der Waals surface area contributed by atoms with Crippen LogP contribution in [0.2, 0.25) is 0 Å². The van der Waals surface area contributed by atoms with Crippen molar-refractivity contribution in [3.05, 3.63) is 94.1 Å². The van der Waals surface area contributed by atoms with E-state index in [0.717, 1.165) is 54.4 Å². The molecule has 1 atom stereocenters. The van der Waals surface area contributed by atoms with Crippen LogP contribution in [0.4, 0.5) is 14.6 Å². The molecule has 2 N–H and O–H groups in total. The van der Waals surface area contributed by atoms with Crippen LogP contribution in [0.25, 0.3) is 16.7 Å². The van der Waals surface area contributed by atoms with Crippen LogP contribution < -0.4 is 15.8 Å². The number of anilines is 1. The lowest BCUT2D eigenvalue weighted by molar-refractivity contribution is 0.489. The Bertz CT molecular complexity index is 1660. The van der Waals surface area contributed by atoms with Crippen molar-refractivity contribution in [3.63, 3.8) is 0 Å². The van der Waals surface area contributed by atoms with Crippen LogP contribution in [-0.2, 0) is 10.0 Å². The van der Waals surface area contributed by atoms with Gasteiger partial charge in [-0.1, -0.05) is 36.4 Å². The number of hydrogen-bond acceptors (Lipinski definition) is 6. The van der Waals surface area contributed by atoms with Crippen LogP contribution in [0.3, 0.4) is 0 Å². The average Bonchev–Trinajstić information content (AvgIpc) is 3.18. The van der Waals surface area contributed by atoms with Gasteiger partial charge in [0.1, 0.15) is 16.5 Å². The Morgan fingerprint density at radius 3 is 2.69 bits per heavy atom. The lowest BCUT2D eigenvalue weighted by Crippen LogP contribution is -2.22. The summed E-state index contributed by atoms with van der Waals surface area (Å²) in [7, 11) is -4.49. The molecule has 0 amide bonds. The van der Waals surface area contributed by atoms with Crippen LogP contribution in [0.15, 0.2) is 74.8 Å². The van der Waals surface area contributed by atoms with Gasteiger partial charge < -0.3 is 9.73 Å². The summed E-state index contributed by atoms with van der Waals surface area (Å²) in [6.07, 6.45) is 2.93. The standard InChI is InChI=1S/C25H22F2N4O4S/c1-15(17-5-2-3-6-18(17)16-9-11-28-12-10-16)31-20-13-19(26)22(14-21(20)35-25(31)32)36(33,34)30-24-8-4-7-23(27)29-24/h2-9,13-15,28H,10-12H2,1H3,(H,29,30)/t15-/m1/s1. The zero-order valence-electron chi connectivity index (χ0n) is 19.2. The number of rotatable bonds is 6. The highest BCUT2D eigenvalue weighted by Crippen LogP contribution is 2.32. The molecular weight excluding hydrogens is 490 g/mol. The SMILES string of the molecule is C[C@H](c1ccccc1C1=CCNCC1)n1c(=O)oc2cc(S(=O)(=O)Nc3cccc(F)n3)c(F)cc21. The molecule has 0 spiro atoms. The van der Waals surface area contributed by atoms with E-state index in [1.807, 2.05) is 29.0 Å². The molecule has 0 fully saturated rings. The Morgan fingerprint density at radius 1 is 1.14 bits per heavy atom. The molecule has 186 valence electrons. The highest BCUT2D eigenvalue weighted by atomic mass is 32.2. The number of halogens is 2. The Balaban J connectivity index is 1.57. The smallest absolute Gasteiger partial charge is 0.408 e. The van der Waals surface area contributed by atoms with E-state index in [9.17, 15) is 17.6 Å². The predicted octanol–water partition coefficient (Wildman–Crippen LogP) is 4.05. The van der Waals surface area contributed by atoms with E-state index >= 15 is 4.39 Å². The predicted molar refractivity (Wildman–Crippen MR) is 131 cm³/mol. The molecule has 8 nitrogen and oxygen atoms in total. The van der Waals surface area contributed by atoms with Crippen molar-refractivity contribution in [2.45, 2.75) is 24.3 Å². The van der Waals surface area contributed by atoms with Crippen LogP contribution in [0, 0.1) is 11.8 Å². The summed E-state index contributed by atoms with van der Waals surface area (Å²) in [6.45, 7) is 3.38. The molecule has 0 bridgehead atoms. The molecule has 0 unspecified atom stereocenters. The van der Waals surface area contributed by atoms with Crippen molar-refractivity contribution in [2.24, 2.45) is 0 Å². The molecule has 4 aromatic rings. The van der Waals surface area contributed by atoms with E-state index < -0.39 is 38.5 Å². The minimum absolute atomic E-state index is 0.0978. The highest BCUT2D eigenvalue weighted by molar-refractivity contribution is 7.92. The van der Waals surface area contributed by atoms with Gasteiger partial charge in [0.15, 0.2) is 5.58 Å². The van der Waals surface area contributed by atoms with Gasteiger partial charge in [-0.2, -0.15) is 4.39 Å². The van der Waals surface area contributed by atoms with E-state index in [2.05, 4.69) is 16.4 Å². The van der Waals surface area contributed by atoms with Crippen LogP contribution in [0.5, 0.6) is 0 Å². The second-order valence-electron chi connectivity index (χ2n) is 8.39. The molecule has 2 aromatic carbocycles. The van der Waals surface area contributed by atoms with Crippen molar-refractivity contribution in [1.29, 1.82) is 0 Å². The lowest BCUT2D eigenvalue weighted by Gasteiger charge is -2.21. The van der Waals surface area contributed by atoms with Crippen LogP contribution in [-0.4, -0.2) is 31.1 Å². The largest absolute Gasteiger partial charge is 0.420 e. The molecule has 3 heterocycles. The lowest BCUT2D eigenvalue weighted by atomic mass is 9.92. The van der Waals surface area contributed by atoms with Crippen molar-refractivity contribution in [3.8, 4) is 0 Å². The normalized spacial score (nSPS) is 15.0. The van der Waals surface area contributed by atoms with Crippen LogP contribution >= 0.6 is 0 Å². The topological polar surface area (TPSA) is 106 Å². The third kappa shape index (κ3) is 4.42. The van der Waals surface area contributed by atoms with Crippen molar-refractivity contribution >= 4 is 32.5 Å². The zero-order valence-corrected chi connectivity index (χ0v) is 20.0. The first-order chi connectivity index (χ1) is 17.2. The minimum Gasteiger partial charge on any atom is -0.408 e. The molecule has 0 aliphatic carbocycles. The summed E-state index contributed by atoms with van der Waals surface area (Å²) in [5.74, 6) is -3.06. The number of sulfonamides is 1. The second kappa shape index (κ2) is 9.32. The number of hydrogen-bond donors (Lipinski definition) is 2. The van der Waals surface area contributed by atoms with Gasteiger partial charge in [-0.3, -0.25) is 9.29 Å². The molecule has 2 aromatic heterocycles. The molecule has 11 heteroatoms. The Morgan fingerprint density at radius 2 is 1.94 bits per heavy atom. The summed E-state index contributed by atoms with van der Waals surface area (Å²) in [6, 6.07) is 12.6. The molecule has 1 aliphatic heterocycles. The number of pyridine rings is 1. The van der Waals surface area contributed by atoms with E-state index in [-0.39, 0.29) is 16.9 Å². The first-order valence-electron chi connectivity index (χ1n) is 11.2. The van der Waals surface area contributed by atoms with Gasteiger partial charge in [0.05, 0.1) is 11.6 Å². The van der Waals surface area contributed by atoms with Crippen molar-refractivity contribution in [2.75, 3.05) is 17.8 Å². The fraction of sp³-hybridized carbons (Fsp3) is 0.200. The maximum absolute atomic E-state index is 15.1. The summed E-state index contributed by atoms with van der Waals surface area (Å²) in [5, 5.41) is 3.27. The first kappa shape index (κ1) is 23.9. The minimum atomic E-state index is -4.49. The number of oxazole rings is 1. The Kier molecular flexibility index (Phi) is 6.19. The number of nitrogens with zero attached hydrogens (tertiary/aromatic N) is 2. The van der Waals surface area contributed by atoms with Gasteiger partial charge in [0.2, 0.25) is 5.95 Å². The number of nitrogens with one attached hydrogen (secondary N) is 2. The van der Waals surface area contributed by atoms with E-state index in [0.29, 0.717) is 0 Å². The molecule has 0 saturated heterocycles. The summed E-state index contributed by atoms with van der Waals surface area (Å²) >= 11 is 0. The average molecular weight is 513 g/mol. The quantitative estimate of drug-likeness (QED) is 0.378. The van der Waals surface area contributed by atoms with Crippen molar-refractivity contribution in [1.82, 2.24) is 14.9 Å². The van der Waals surface area contributed by atoms with Crippen molar-refractivity contribution < 1.29 is 21.6 Å². The van der Waals surface area contributed by atoms with Gasteiger partial charge in [0.25, 0.3) is 10.0 Å². The first-order valence-corrected chi connectivity index (χ1v) is 12.7. The molecular formula is C25H22F2N4O4S. The Hall–Kier alpha value is -3.83. The number of aromatic nitrogens is 2. The summed E-state index contributed by atoms with van der Waals surface area (Å²) in [5.41, 5.74) is 3.00. The monoisotopic (exact) mass is 512 g/mol. The molecule has 0 radical (unpaired) electrons. The summed E-state index contributed by atoms with van der Waals surface area (Å²) in [4.78, 5) is 15.6. The van der Waals surface area contributed by atoms with E-state index in [1.54, 1.807) is 6.92 Å². The zero-order chi connectivity index (χ0) is 25.4. The van der Waals surface area contributed by atoms with Gasteiger partial charge in [0, 0.05) is 18.7 Å². The van der Waals surface area contributed by atoms with Gasteiger partial charge >= 0.3 is 5.76 Å². The van der Waals surface area contributed by atoms with E-state index in [4.69, 9.17) is 4.42 Å². The van der Waals surface area contributed by atoms with Crippen LogP contribution in [0.1, 0.15) is 30.5 Å². The van der Waals surface area contributed by atoms with Gasteiger partial charge in [-0.05, 0) is 48.7 Å². The maximum Gasteiger partial charge on any atom is 0.420 e. The molecule has 5 rings (SSSR count). The fourth-order valence-electron chi connectivity index (χ4n) is 4.43. The van der Waals surface area contributed by atoms with Gasteiger partial charge in [-0.15, -0.1) is 0 Å². The summed E-state index contributed by atoms with van der Waals surface area (Å²) < 4.78 is 62.8. The maximum atomic E-state index is 15.1. The van der Waals surface area contributed by atoms with Gasteiger partial charge in [-0.25, -0.2) is 22.6 Å². The number of benzene rings is 2. The second-order valence-corrected chi connectivity index (χ2v) is 10.0. The third-order valence-corrected chi connectivity index (χ3v) is 7.49. The fourth-order valence-corrected chi connectivity index (χ4v) is 5.50. The van der Waals surface area contributed by atoms with E-state index in [1.165, 1.54) is 16.7 Å². The highest BCUT2D eigenvalue weighted by Gasteiger charge is 2.26.